The molecule has 21 heavy (non-hydrogen) atoms. The van der Waals surface area contributed by atoms with Gasteiger partial charge in [-0.2, -0.15) is 0 Å². The van der Waals surface area contributed by atoms with E-state index in [0.29, 0.717) is 28.2 Å². The normalized spacial score (nSPS) is 11.3. The van der Waals surface area contributed by atoms with E-state index in [0.717, 1.165) is 0 Å². The lowest BCUT2D eigenvalue weighted by Crippen LogP contribution is -2.17. The second-order valence-electron chi connectivity index (χ2n) is 5.71. The molecular formula is C15H18ClFN4. The summed E-state index contributed by atoms with van der Waals surface area (Å²) in [4.78, 5) is 8.87. The van der Waals surface area contributed by atoms with Gasteiger partial charge in [-0.05, 0) is 18.2 Å². The molecule has 0 saturated heterocycles. The maximum absolute atomic E-state index is 13.8. The second kappa shape index (κ2) is 5.85. The number of anilines is 3. The van der Waals surface area contributed by atoms with Gasteiger partial charge in [0.2, 0.25) is 0 Å². The van der Waals surface area contributed by atoms with Crippen LogP contribution >= 0.6 is 11.6 Å². The predicted octanol–water partition coefficient (Wildman–Crippen LogP) is 4.35. The van der Waals surface area contributed by atoms with Crippen LogP contribution in [0, 0.1) is 5.82 Å². The quantitative estimate of drug-likeness (QED) is 0.885. The van der Waals surface area contributed by atoms with Crippen LogP contribution in [0.25, 0.3) is 0 Å². The van der Waals surface area contributed by atoms with Gasteiger partial charge in [0, 0.05) is 23.6 Å². The molecule has 0 aliphatic heterocycles. The molecule has 2 rings (SSSR count). The van der Waals surface area contributed by atoms with E-state index in [1.165, 1.54) is 6.07 Å². The highest BCUT2D eigenvalue weighted by molar-refractivity contribution is 6.30. The molecule has 0 fully saturated rings. The van der Waals surface area contributed by atoms with E-state index in [1.807, 2.05) is 20.8 Å². The Kier molecular flexibility index (Phi) is 4.32. The first-order valence-corrected chi connectivity index (χ1v) is 6.97. The molecule has 0 atom stereocenters. The van der Waals surface area contributed by atoms with Crippen LogP contribution in [-0.4, -0.2) is 17.0 Å². The van der Waals surface area contributed by atoms with Gasteiger partial charge in [-0.3, -0.25) is 0 Å². The highest BCUT2D eigenvalue weighted by atomic mass is 35.5. The lowest BCUT2D eigenvalue weighted by Gasteiger charge is -2.19. The van der Waals surface area contributed by atoms with Gasteiger partial charge in [-0.1, -0.05) is 32.4 Å². The number of hydrogen-bond acceptors (Lipinski definition) is 4. The average Bonchev–Trinajstić information content (AvgIpc) is 2.40. The first-order valence-electron chi connectivity index (χ1n) is 6.59. The second-order valence-corrected chi connectivity index (χ2v) is 6.15. The van der Waals surface area contributed by atoms with Crippen molar-refractivity contribution < 1.29 is 4.39 Å². The molecule has 2 N–H and O–H groups in total. The van der Waals surface area contributed by atoms with E-state index < -0.39 is 5.82 Å². The minimum absolute atomic E-state index is 0.207. The Labute approximate surface area is 128 Å². The highest BCUT2D eigenvalue weighted by Crippen LogP contribution is 2.26. The van der Waals surface area contributed by atoms with Crippen LogP contribution in [0.3, 0.4) is 0 Å². The van der Waals surface area contributed by atoms with Crippen molar-refractivity contribution in [2.45, 2.75) is 26.2 Å². The van der Waals surface area contributed by atoms with Crippen LogP contribution in [0.15, 0.2) is 24.3 Å². The summed E-state index contributed by atoms with van der Waals surface area (Å²) in [5, 5.41) is 6.30. The summed E-state index contributed by atoms with van der Waals surface area (Å²) in [6.45, 7) is 6.07. The zero-order valence-electron chi connectivity index (χ0n) is 12.5. The van der Waals surface area contributed by atoms with E-state index in [9.17, 15) is 4.39 Å². The maximum Gasteiger partial charge on any atom is 0.148 e. The standard InChI is InChI=1S/C15H18ClFN4/c1-15(2,3)14-20-12(18-4)8-13(21-14)19-11-6-5-9(16)7-10(11)17/h5-8H,1-4H3,(H2,18,19,20,21). The van der Waals surface area contributed by atoms with Gasteiger partial charge in [0.1, 0.15) is 23.3 Å². The number of halogens is 2. The molecule has 0 unspecified atom stereocenters. The molecule has 0 aliphatic carbocycles. The van der Waals surface area contributed by atoms with Crippen molar-refractivity contribution in [3.05, 3.63) is 40.9 Å². The fourth-order valence-corrected chi connectivity index (χ4v) is 1.86. The molecule has 1 heterocycles. The minimum Gasteiger partial charge on any atom is -0.373 e. The molecule has 0 saturated carbocycles. The monoisotopic (exact) mass is 308 g/mol. The van der Waals surface area contributed by atoms with Gasteiger partial charge < -0.3 is 10.6 Å². The number of benzene rings is 1. The van der Waals surface area contributed by atoms with Crippen molar-refractivity contribution in [2.24, 2.45) is 0 Å². The van der Waals surface area contributed by atoms with Crippen molar-refractivity contribution in [3.63, 3.8) is 0 Å². The van der Waals surface area contributed by atoms with Gasteiger partial charge in [0.05, 0.1) is 5.69 Å². The average molecular weight is 309 g/mol. The Morgan fingerprint density at radius 3 is 2.33 bits per heavy atom. The minimum atomic E-state index is -0.426. The van der Waals surface area contributed by atoms with E-state index in [1.54, 1.807) is 25.2 Å². The van der Waals surface area contributed by atoms with Crippen LogP contribution in [0.4, 0.5) is 21.7 Å². The van der Waals surface area contributed by atoms with Crippen molar-refractivity contribution in [3.8, 4) is 0 Å². The fourth-order valence-electron chi connectivity index (χ4n) is 1.70. The van der Waals surface area contributed by atoms with Gasteiger partial charge in [-0.15, -0.1) is 0 Å². The molecule has 4 nitrogen and oxygen atoms in total. The fraction of sp³-hybridized carbons (Fsp3) is 0.333. The van der Waals surface area contributed by atoms with Crippen LogP contribution < -0.4 is 10.6 Å². The smallest absolute Gasteiger partial charge is 0.148 e. The maximum atomic E-state index is 13.8. The molecule has 0 spiro atoms. The molecule has 112 valence electrons. The van der Waals surface area contributed by atoms with Crippen molar-refractivity contribution >= 4 is 28.9 Å². The van der Waals surface area contributed by atoms with Crippen molar-refractivity contribution in [1.29, 1.82) is 0 Å². The summed E-state index contributed by atoms with van der Waals surface area (Å²) in [7, 11) is 1.78. The van der Waals surface area contributed by atoms with Gasteiger partial charge in [0.15, 0.2) is 0 Å². The largest absolute Gasteiger partial charge is 0.373 e. The van der Waals surface area contributed by atoms with E-state index in [4.69, 9.17) is 11.6 Å². The lowest BCUT2D eigenvalue weighted by molar-refractivity contribution is 0.547. The number of hydrogen-bond donors (Lipinski definition) is 2. The Balaban J connectivity index is 2.39. The summed E-state index contributed by atoms with van der Waals surface area (Å²) in [5.41, 5.74) is 0.113. The van der Waals surface area contributed by atoms with Gasteiger partial charge >= 0.3 is 0 Å². The molecule has 0 aliphatic rings. The lowest BCUT2D eigenvalue weighted by atomic mass is 9.96. The molecular weight excluding hydrogens is 291 g/mol. The zero-order chi connectivity index (χ0) is 15.6. The summed E-state index contributed by atoms with van der Waals surface area (Å²) in [6, 6.07) is 6.19. The van der Waals surface area contributed by atoms with Crippen molar-refractivity contribution in [2.75, 3.05) is 17.7 Å². The summed E-state index contributed by atoms with van der Waals surface area (Å²) < 4.78 is 13.8. The van der Waals surface area contributed by atoms with Crippen LogP contribution in [0.2, 0.25) is 5.02 Å². The Morgan fingerprint density at radius 2 is 1.76 bits per heavy atom. The van der Waals surface area contributed by atoms with Crippen molar-refractivity contribution in [1.82, 2.24) is 9.97 Å². The summed E-state index contributed by atoms with van der Waals surface area (Å²) in [6.07, 6.45) is 0. The zero-order valence-corrected chi connectivity index (χ0v) is 13.2. The van der Waals surface area contributed by atoms with Gasteiger partial charge in [-0.25, -0.2) is 14.4 Å². The first-order chi connectivity index (χ1) is 9.79. The molecule has 1 aromatic heterocycles. The third kappa shape index (κ3) is 3.82. The van der Waals surface area contributed by atoms with E-state index >= 15 is 0 Å². The van der Waals surface area contributed by atoms with Crippen LogP contribution in [-0.2, 0) is 5.41 Å². The number of nitrogens with one attached hydrogen (secondary N) is 2. The number of aromatic nitrogens is 2. The summed E-state index contributed by atoms with van der Waals surface area (Å²) in [5.74, 6) is 1.45. The van der Waals surface area contributed by atoms with E-state index in [2.05, 4.69) is 20.6 Å². The molecule has 1 aromatic carbocycles. The third-order valence-corrected chi connectivity index (χ3v) is 3.08. The Morgan fingerprint density at radius 1 is 1.10 bits per heavy atom. The highest BCUT2D eigenvalue weighted by Gasteiger charge is 2.19. The molecule has 0 bridgehead atoms. The number of rotatable bonds is 3. The Hall–Kier alpha value is -1.88. The molecule has 6 heteroatoms. The van der Waals surface area contributed by atoms with Crippen LogP contribution in [0.5, 0.6) is 0 Å². The SMILES string of the molecule is CNc1cc(Nc2ccc(Cl)cc2F)nc(C(C)(C)C)n1. The topological polar surface area (TPSA) is 49.8 Å². The number of nitrogens with zero attached hydrogens (tertiary/aromatic N) is 2. The molecule has 0 amide bonds. The van der Waals surface area contributed by atoms with Crippen LogP contribution in [0.1, 0.15) is 26.6 Å². The first kappa shape index (κ1) is 15.5. The third-order valence-electron chi connectivity index (χ3n) is 2.85. The summed E-state index contributed by atoms with van der Waals surface area (Å²) >= 11 is 5.75. The molecule has 0 radical (unpaired) electrons. The van der Waals surface area contributed by atoms with Gasteiger partial charge in [0.25, 0.3) is 0 Å². The Bertz CT molecular complexity index is 653. The predicted molar refractivity (Wildman–Crippen MR) is 85.0 cm³/mol. The van der Waals surface area contributed by atoms with E-state index in [-0.39, 0.29) is 5.41 Å². The molecule has 2 aromatic rings.